The predicted molar refractivity (Wildman–Crippen MR) is 74.0 cm³/mol. The Morgan fingerprint density at radius 2 is 1.82 bits per heavy atom. The fraction of sp³-hybridized carbons (Fsp3) is 0.0714. The zero-order valence-electron chi connectivity index (χ0n) is 10.9. The molecule has 0 saturated heterocycles. The summed E-state index contributed by atoms with van der Waals surface area (Å²) in [4.78, 5) is 13.7. The third kappa shape index (κ3) is 4.05. The molecule has 0 spiro atoms. The van der Waals surface area contributed by atoms with E-state index in [0.717, 1.165) is 12.1 Å². The van der Waals surface area contributed by atoms with Crippen LogP contribution in [0.1, 0.15) is 11.3 Å². The number of rotatable bonds is 4. The van der Waals surface area contributed by atoms with Crippen molar-refractivity contribution in [1.82, 2.24) is 0 Å². The molecule has 0 aliphatic heterocycles. The van der Waals surface area contributed by atoms with Crippen molar-refractivity contribution in [1.29, 1.82) is 0 Å². The number of alkyl halides is 3. The van der Waals surface area contributed by atoms with Crippen LogP contribution in [0.25, 0.3) is 6.08 Å². The van der Waals surface area contributed by atoms with E-state index in [4.69, 9.17) is 4.42 Å². The minimum atomic E-state index is -4.38. The summed E-state index contributed by atoms with van der Waals surface area (Å²) in [6.45, 7) is 0. The number of allylic oxidation sites excluding steroid dienone is 1. The van der Waals surface area contributed by atoms with Gasteiger partial charge in [-0.25, -0.2) is 0 Å². The van der Waals surface area contributed by atoms with Crippen molar-refractivity contribution in [2.75, 3.05) is 0 Å². The lowest BCUT2D eigenvalue weighted by Crippen LogP contribution is -2.03. The highest BCUT2D eigenvalue weighted by Gasteiger charge is 2.29. The average Bonchev–Trinajstić information content (AvgIpc) is 2.92. The normalized spacial score (nSPS) is 12.3. The van der Waals surface area contributed by atoms with Crippen molar-refractivity contribution in [2.24, 2.45) is 4.99 Å². The molecule has 5 nitrogen and oxygen atoms in total. The lowest BCUT2D eigenvalue weighted by atomic mass is 10.2. The standard InChI is InChI=1S/C14H9F3N2O3/c15-14(16,17)10-3-5-11(6-4-10)18-9-1-2-12-7-8-13(22-12)19(20)21/h1-9H/b2-1+,18-9?. The zero-order chi connectivity index (χ0) is 16.2. The molecule has 0 atom stereocenters. The molecule has 1 heterocycles. The van der Waals surface area contributed by atoms with E-state index in [1.807, 2.05) is 0 Å². The summed E-state index contributed by atoms with van der Waals surface area (Å²) in [5, 5.41) is 10.4. The molecule has 2 aromatic rings. The fourth-order valence-corrected chi connectivity index (χ4v) is 1.53. The van der Waals surface area contributed by atoms with Gasteiger partial charge in [0.25, 0.3) is 0 Å². The molecule has 0 fully saturated rings. The number of nitro groups is 1. The molecule has 0 radical (unpaired) electrons. The summed E-state index contributed by atoms with van der Waals surface area (Å²) in [6, 6.07) is 6.99. The first-order valence-corrected chi connectivity index (χ1v) is 5.98. The number of furan rings is 1. The minimum Gasteiger partial charge on any atom is -0.401 e. The van der Waals surface area contributed by atoms with Gasteiger partial charge in [-0.2, -0.15) is 13.2 Å². The van der Waals surface area contributed by atoms with Gasteiger partial charge in [0.05, 0.1) is 17.3 Å². The lowest BCUT2D eigenvalue weighted by Gasteiger charge is -2.05. The van der Waals surface area contributed by atoms with Crippen LogP contribution in [0.4, 0.5) is 24.7 Å². The van der Waals surface area contributed by atoms with Gasteiger partial charge in [-0.05, 0) is 42.5 Å². The molecule has 0 unspecified atom stereocenters. The Morgan fingerprint density at radius 3 is 2.36 bits per heavy atom. The van der Waals surface area contributed by atoms with Crippen molar-refractivity contribution in [3.05, 3.63) is 63.9 Å². The van der Waals surface area contributed by atoms with E-state index in [-0.39, 0.29) is 11.6 Å². The Bertz CT molecular complexity index is 716. The highest BCUT2D eigenvalue weighted by Crippen LogP contribution is 2.30. The largest absolute Gasteiger partial charge is 0.433 e. The van der Waals surface area contributed by atoms with Crippen LogP contribution in [-0.2, 0) is 6.18 Å². The van der Waals surface area contributed by atoms with E-state index in [1.54, 1.807) is 0 Å². The van der Waals surface area contributed by atoms with Gasteiger partial charge in [-0.3, -0.25) is 15.1 Å². The molecule has 0 saturated carbocycles. The van der Waals surface area contributed by atoms with Gasteiger partial charge < -0.3 is 4.42 Å². The third-order valence-corrected chi connectivity index (χ3v) is 2.56. The second kappa shape index (κ2) is 6.25. The quantitative estimate of drug-likeness (QED) is 0.470. The van der Waals surface area contributed by atoms with Crippen molar-refractivity contribution in [2.45, 2.75) is 6.18 Å². The molecule has 1 aromatic heterocycles. The number of benzene rings is 1. The van der Waals surface area contributed by atoms with E-state index >= 15 is 0 Å². The van der Waals surface area contributed by atoms with Gasteiger partial charge in [-0.15, -0.1) is 0 Å². The molecule has 114 valence electrons. The topological polar surface area (TPSA) is 68.6 Å². The summed E-state index contributed by atoms with van der Waals surface area (Å²) < 4.78 is 42.0. The summed E-state index contributed by atoms with van der Waals surface area (Å²) in [5.74, 6) is -0.107. The SMILES string of the molecule is O=[N+]([O-])c1ccc(/C=C/C=Nc2ccc(C(F)(F)F)cc2)o1. The molecule has 1 aromatic carbocycles. The Balaban J connectivity index is 1.99. The minimum absolute atomic E-state index is 0.269. The Morgan fingerprint density at radius 1 is 1.14 bits per heavy atom. The monoisotopic (exact) mass is 310 g/mol. The number of aliphatic imine (C=N–C) groups is 1. The van der Waals surface area contributed by atoms with E-state index in [2.05, 4.69) is 4.99 Å². The number of hydrogen-bond acceptors (Lipinski definition) is 4. The summed E-state index contributed by atoms with van der Waals surface area (Å²) in [6.07, 6.45) is -0.131. The van der Waals surface area contributed by atoms with E-state index in [9.17, 15) is 23.3 Å². The van der Waals surface area contributed by atoms with Gasteiger partial charge in [0.15, 0.2) is 0 Å². The van der Waals surface area contributed by atoms with Crippen LogP contribution >= 0.6 is 0 Å². The maximum atomic E-state index is 12.4. The first-order valence-electron chi connectivity index (χ1n) is 5.98. The average molecular weight is 310 g/mol. The molecule has 0 amide bonds. The van der Waals surface area contributed by atoms with Gasteiger partial charge >= 0.3 is 12.1 Å². The number of hydrogen-bond donors (Lipinski definition) is 0. The van der Waals surface area contributed by atoms with Crippen LogP contribution in [0.5, 0.6) is 0 Å². The van der Waals surface area contributed by atoms with Crippen LogP contribution in [0.15, 0.2) is 51.9 Å². The predicted octanol–water partition coefficient (Wildman–Crippen LogP) is 4.62. The molecule has 0 N–H and O–H groups in total. The zero-order valence-corrected chi connectivity index (χ0v) is 10.9. The Hall–Kier alpha value is -2.90. The smallest absolute Gasteiger partial charge is 0.401 e. The number of halogens is 3. The molecule has 0 aliphatic rings. The second-order valence-corrected chi connectivity index (χ2v) is 4.12. The van der Waals surface area contributed by atoms with Gasteiger partial charge in [0, 0.05) is 6.21 Å². The summed E-state index contributed by atoms with van der Waals surface area (Å²) in [7, 11) is 0. The van der Waals surface area contributed by atoms with Crippen molar-refractivity contribution >= 4 is 23.9 Å². The third-order valence-electron chi connectivity index (χ3n) is 2.56. The first-order chi connectivity index (χ1) is 10.4. The van der Waals surface area contributed by atoms with E-state index in [0.29, 0.717) is 5.69 Å². The molecule has 0 bridgehead atoms. The van der Waals surface area contributed by atoms with Gasteiger partial charge in [-0.1, -0.05) is 0 Å². The van der Waals surface area contributed by atoms with Crippen LogP contribution < -0.4 is 0 Å². The van der Waals surface area contributed by atoms with Crippen molar-refractivity contribution in [3.63, 3.8) is 0 Å². The van der Waals surface area contributed by atoms with Crippen LogP contribution in [0.3, 0.4) is 0 Å². The highest BCUT2D eigenvalue weighted by molar-refractivity contribution is 5.79. The van der Waals surface area contributed by atoms with Crippen molar-refractivity contribution < 1.29 is 22.5 Å². The second-order valence-electron chi connectivity index (χ2n) is 4.12. The van der Waals surface area contributed by atoms with Gasteiger partial charge in [0.2, 0.25) is 0 Å². The highest BCUT2D eigenvalue weighted by atomic mass is 19.4. The van der Waals surface area contributed by atoms with Gasteiger partial charge in [0.1, 0.15) is 10.7 Å². The van der Waals surface area contributed by atoms with Crippen LogP contribution in [0.2, 0.25) is 0 Å². The molecule has 2 rings (SSSR count). The molecule has 0 aliphatic carbocycles. The lowest BCUT2D eigenvalue weighted by molar-refractivity contribution is -0.402. The van der Waals surface area contributed by atoms with E-state index < -0.39 is 16.7 Å². The van der Waals surface area contributed by atoms with Crippen LogP contribution in [-0.4, -0.2) is 11.1 Å². The van der Waals surface area contributed by atoms with Crippen molar-refractivity contribution in [3.8, 4) is 0 Å². The molecular formula is C14H9F3N2O3. The maximum absolute atomic E-state index is 12.4. The Labute approximate surface area is 122 Å². The first kappa shape index (κ1) is 15.5. The van der Waals surface area contributed by atoms with E-state index in [1.165, 1.54) is 42.6 Å². The molecule has 8 heteroatoms. The number of nitrogens with zero attached hydrogens (tertiary/aromatic N) is 2. The fourth-order valence-electron chi connectivity index (χ4n) is 1.53. The summed E-state index contributed by atoms with van der Waals surface area (Å²) in [5.41, 5.74) is -0.395. The van der Waals surface area contributed by atoms with Crippen LogP contribution in [0, 0.1) is 10.1 Å². The molecular weight excluding hydrogens is 301 g/mol. The maximum Gasteiger partial charge on any atom is 0.433 e. The summed E-state index contributed by atoms with van der Waals surface area (Å²) >= 11 is 0. The molecule has 22 heavy (non-hydrogen) atoms. The Kier molecular flexibility index (Phi) is 4.40.